The van der Waals surface area contributed by atoms with Crippen LogP contribution in [0.5, 0.6) is 0 Å². The number of azide groups is 1. The van der Waals surface area contributed by atoms with Gasteiger partial charge in [-0.05, 0) is 12.0 Å². The maximum absolute atomic E-state index is 11.7. The Bertz CT molecular complexity index is 695. The van der Waals surface area contributed by atoms with Gasteiger partial charge < -0.3 is 20.1 Å². The lowest BCUT2D eigenvalue weighted by molar-refractivity contribution is -0.131. The summed E-state index contributed by atoms with van der Waals surface area (Å²) in [7, 11) is 0. The summed E-state index contributed by atoms with van der Waals surface area (Å²) >= 11 is 0. The second-order valence-electron chi connectivity index (χ2n) is 4.89. The molecular weight excluding hydrogens is 298 g/mol. The quantitative estimate of drug-likeness (QED) is 0.284. The average molecular weight is 313 g/mol. The van der Waals surface area contributed by atoms with E-state index in [0.29, 0.717) is 0 Å². The van der Waals surface area contributed by atoms with Crippen molar-refractivity contribution in [2.75, 3.05) is 13.2 Å². The SMILES string of the molecule is [N-]=[N+]=NCC[C@]1(CO)O[C@@H](n2ccc(=O)[nH]c2=O)[C@@H](O)C1O. The molecule has 2 rings (SSSR count). The molecule has 4 atom stereocenters. The highest BCUT2D eigenvalue weighted by Crippen LogP contribution is 2.38. The standard InChI is InChI=1S/C11H15N5O6/c12-15-13-3-2-11(5-17)8(20)7(19)9(22-11)16-4-1-6(18)14-10(16)21/h1,4,7-9,17,19-20H,2-3,5H2,(H,14,18,21)/t7-,8?,9+,11+/m0/s1. The molecule has 1 fully saturated rings. The van der Waals surface area contributed by atoms with Crippen LogP contribution in [0.25, 0.3) is 10.4 Å². The average Bonchev–Trinajstić information content (AvgIpc) is 2.73. The van der Waals surface area contributed by atoms with E-state index < -0.39 is 41.9 Å². The Morgan fingerprint density at radius 2 is 2.23 bits per heavy atom. The summed E-state index contributed by atoms with van der Waals surface area (Å²) in [4.78, 5) is 27.4. The van der Waals surface area contributed by atoms with Crippen LogP contribution in [-0.4, -0.2) is 55.8 Å². The van der Waals surface area contributed by atoms with Crippen molar-refractivity contribution in [1.29, 1.82) is 0 Å². The molecule has 11 heteroatoms. The number of aromatic nitrogens is 2. The van der Waals surface area contributed by atoms with E-state index in [4.69, 9.17) is 10.3 Å². The first-order valence-electron chi connectivity index (χ1n) is 6.42. The Morgan fingerprint density at radius 1 is 1.50 bits per heavy atom. The number of rotatable bonds is 5. The number of H-pyrrole nitrogens is 1. The Kier molecular flexibility index (Phi) is 4.64. The largest absolute Gasteiger partial charge is 0.393 e. The lowest BCUT2D eigenvalue weighted by atomic mass is 9.92. The number of hydrogen-bond donors (Lipinski definition) is 4. The fourth-order valence-corrected chi connectivity index (χ4v) is 2.40. The second-order valence-corrected chi connectivity index (χ2v) is 4.89. The third-order valence-electron chi connectivity index (χ3n) is 3.60. The van der Waals surface area contributed by atoms with E-state index in [2.05, 4.69) is 10.0 Å². The van der Waals surface area contributed by atoms with Crippen molar-refractivity contribution in [2.24, 2.45) is 5.11 Å². The summed E-state index contributed by atoms with van der Waals surface area (Å²) in [5.74, 6) is 0. The van der Waals surface area contributed by atoms with E-state index in [1.807, 2.05) is 4.98 Å². The lowest BCUT2D eigenvalue weighted by Crippen LogP contribution is -2.46. The molecule has 11 nitrogen and oxygen atoms in total. The zero-order valence-electron chi connectivity index (χ0n) is 11.4. The molecule has 0 radical (unpaired) electrons. The summed E-state index contributed by atoms with van der Waals surface area (Å²) in [5, 5.41) is 33.0. The minimum Gasteiger partial charge on any atom is -0.393 e. The number of aliphatic hydroxyl groups excluding tert-OH is 3. The predicted molar refractivity (Wildman–Crippen MR) is 71.9 cm³/mol. The second kappa shape index (κ2) is 6.30. The first-order valence-corrected chi connectivity index (χ1v) is 6.42. The molecule has 0 bridgehead atoms. The predicted octanol–water partition coefficient (Wildman–Crippen LogP) is -1.78. The highest BCUT2D eigenvalue weighted by molar-refractivity contribution is 5.02. The molecule has 1 aromatic heterocycles. The minimum absolute atomic E-state index is 0.0552. The fourth-order valence-electron chi connectivity index (χ4n) is 2.40. The van der Waals surface area contributed by atoms with E-state index in [9.17, 15) is 24.9 Å². The van der Waals surface area contributed by atoms with Gasteiger partial charge in [-0.1, -0.05) is 5.11 Å². The molecule has 2 heterocycles. The van der Waals surface area contributed by atoms with Crippen LogP contribution < -0.4 is 11.2 Å². The van der Waals surface area contributed by atoms with Crippen LogP contribution in [0.1, 0.15) is 12.6 Å². The van der Waals surface area contributed by atoms with Crippen LogP contribution in [-0.2, 0) is 4.74 Å². The van der Waals surface area contributed by atoms with Crippen molar-refractivity contribution >= 4 is 0 Å². The maximum atomic E-state index is 11.7. The van der Waals surface area contributed by atoms with Gasteiger partial charge in [0.05, 0.1) is 6.61 Å². The molecule has 4 N–H and O–H groups in total. The van der Waals surface area contributed by atoms with Crippen LogP contribution in [0.4, 0.5) is 0 Å². The van der Waals surface area contributed by atoms with E-state index in [1.54, 1.807) is 0 Å². The minimum atomic E-state index is -1.58. The Morgan fingerprint density at radius 3 is 2.82 bits per heavy atom. The maximum Gasteiger partial charge on any atom is 0.330 e. The van der Waals surface area contributed by atoms with Gasteiger partial charge in [-0.25, -0.2) is 4.79 Å². The van der Waals surface area contributed by atoms with Crippen LogP contribution in [0.3, 0.4) is 0 Å². The van der Waals surface area contributed by atoms with Gasteiger partial charge in [0, 0.05) is 23.7 Å². The van der Waals surface area contributed by atoms with Crippen LogP contribution >= 0.6 is 0 Å². The molecule has 1 aliphatic heterocycles. The Balaban J connectivity index is 2.34. The smallest absolute Gasteiger partial charge is 0.330 e. The van der Waals surface area contributed by atoms with Gasteiger partial charge in [0.25, 0.3) is 5.56 Å². The monoisotopic (exact) mass is 313 g/mol. The number of ether oxygens (including phenoxy) is 1. The van der Waals surface area contributed by atoms with E-state index >= 15 is 0 Å². The first kappa shape index (κ1) is 16.2. The van der Waals surface area contributed by atoms with Crippen molar-refractivity contribution in [1.82, 2.24) is 9.55 Å². The lowest BCUT2D eigenvalue weighted by Gasteiger charge is -2.29. The van der Waals surface area contributed by atoms with Gasteiger partial charge in [0.1, 0.15) is 17.8 Å². The number of nitrogens with zero attached hydrogens (tertiary/aromatic N) is 4. The van der Waals surface area contributed by atoms with Crippen LogP contribution in [0, 0.1) is 0 Å². The van der Waals surface area contributed by atoms with Gasteiger partial charge in [-0.15, -0.1) is 0 Å². The molecule has 1 saturated heterocycles. The summed E-state index contributed by atoms with van der Waals surface area (Å²) < 4.78 is 6.39. The summed E-state index contributed by atoms with van der Waals surface area (Å²) in [6.45, 7) is -0.727. The van der Waals surface area contributed by atoms with E-state index in [1.165, 1.54) is 0 Å². The van der Waals surface area contributed by atoms with Gasteiger partial charge >= 0.3 is 5.69 Å². The normalized spacial score (nSPS) is 31.0. The summed E-state index contributed by atoms with van der Waals surface area (Å²) in [5.41, 5.74) is 5.25. The fraction of sp³-hybridized carbons (Fsp3) is 0.636. The van der Waals surface area contributed by atoms with Gasteiger partial charge in [0.15, 0.2) is 6.23 Å². The number of hydrogen-bond acceptors (Lipinski definition) is 7. The van der Waals surface area contributed by atoms with Crippen molar-refractivity contribution in [3.63, 3.8) is 0 Å². The zero-order valence-corrected chi connectivity index (χ0v) is 11.4. The van der Waals surface area contributed by atoms with Crippen molar-refractivity contribution in [3.8, 4) is 0 Å². The van der Waals surface area contributed by atoms with Gasteiger partial charge in [0.2, 0.25) is 0 Å². The molecule has 0 aromatic carbocycles. The third-order valence-corrected chi connectivity index (χ3v) is 3.60. The Labute approximate surface area is 123 Å². The van der Waals surface area contributed by atoms with Crippen LogP contribution in [0.2, 0.25) is 0 Å². The van der Waals surface area contributed by atoms with Gasteiger partial charge in [-0.3, -0.25) is 14.3 Å². The summed E-state index contributed by atoms with van der Waals surface area (Å²) in [6, 6.07) is 1.06. The molecule has 120 valence electrons. The molecule has 1 unspecified atom stereocenters. The highest BCUT2D eigenvalue weighted by atomic mass is 16.6. The molecule has 0 amide bonds. The van der Waals surface area contributed by atoms with Crippen molar-refractivity contribution in [3.05, 3.63) is 43.5 Å². The molecule has 1 aromatic rings. The van der Waals surface area contributed by atoms with Crippen LogP contribution in [0.15, 0.2) is 27.0 Å². The molecular formula is C11H15N5O6. The number of nitrogens with one attached hydrogen (secondary N) is 1. The number of aromatic amines is 1. The zero-order chi connectivity index (χ0) is 16.3. The first-order chi connectivity index (χ1) is 10.4. The molecule has 0 aliphatic carbocycles. The van der Waals surface area contributed by atoms with Gasteiger partial charge in [-0.2, -0.15) is 0 Å². The summed E-state index contributed by atoms with van der Waals surface area (Å²) in [6.07, 6.45) is -3.25. The van der Waals surface area contributed by atoms with Crippen molar-refractivity contribution in [2.45, 2.75) is 30.5 Å². The van der Waals surface area contributed by atoms with E-state index in [0.717, 1.165) is 16.8 Å². The highest BCUT2D eigenvalue weighted by Gasteiger charge is 2.54. The van der Waals surface area contributed by atoms with E-state index in [-0.39, 0.29) is 13.0 Å². The topological polar surface area (TPSA) is 174 Å². The Hall–Kier alpha value is -2.17. The third kappa shape index (κ3) is 2.75. The molecule has 1 aliphatic rings. The molecule has 22 heavy (non-hydrogen) atoms. The molecule has 0 spiro atoms. The van der Waals surface area contributed by atoms with Crippen molar-refractivity contribution < 1.29 is 20.1 Å². The molecule has 0 saturated carbocycles. The number of aliphatic hydroxyl groups is 3.